The third-order valence-corrected chi connectivity index (χ3v) is 2.62. The molecule has 0 aromatic carbocycles. The fraction of sp³-hybridized carbons (Fsp3) is 0.583. The summed E-state index contributed by atoms with van der Waals surface area (Å²) in [4.78, 5) is 4.10. The van der Waals surface area contributed by atoms with E-state index in [1.807, 2.05) is 26.8 Å². The zero-order valence-corrected chi connectivity index (χ0v) is 9.70. The number of rotatable bonds is 4. The van der Waals surface area contributed by atoms with Crippen LogP contribution in [0.25, 0.3) is 0 Å². The number of nitrogen functional groups attached to an aromatic ring is 1. The van der Waals surface area contributed by atoms with Gasteiger partial charge in [0.1, 0.15) is 5.82 Å². The minimum Gasteiger partial charge on any atom is -0.393 e. The highest BCUT2D eigenvalue weighted by Crippen LogP contribution is 2.15. The molecule has 0 amide bonds. The quantitative estimate of drug-likeness (QED) is 0.794. The first-order valence-corrected chi connectivity index (χ1v) is 5.39. The fourth-order valence-corrected chi connectivity index (χ4v) is 1.48. The number of nitrogens with two attached hydrogens (primary N) is 1. The monoisotopic (exact) mass is 208 g/mol. The van der Waals surface area contributed by atoms with Gasteiger partial charge in [0.25, 0.3) is 0 Å². The number of aliphatic hydroxyl groups excluding tert-OH is 1. The Labute approximate surface area is 91.3 Å². The van der Waals surface area contributed by atoms with Crippen molar-refractivity contribution in [2.45, 2.75) is 39.7 Å². The van der Waals surface area contributed by atoms with Gasteiger partial charge in [-0.3, -0.25) is 0 Å². The lowest BCUT2D eigenvalue weighted by Crippen LogP contribution is -2.15. The fourth-order valence-electron chi connectivity index (χ4n) is 1.48. The zero-order valence-electron chi connectivity index (χ0n) is 9.70. The van der Waals surface area contributed by atoms with Crippen molar-refractivity contribution in [3.8, 4) is 0 Å². The van der Waals surface area contributed by atoms with Gasteiger partial charge in [-0.05, 0) is 36.8 Å². The van der Waals surface area contributed by atoms with Crippen LogP contribution >= 0.6 is 0 Å². The smallest absolute Gasteiger partial charge is 0.126 e. The van der Waals surface area contributed by atoms with Crippen molar-refractivity contribution in [3.05, 3.63) is 23.4 Å². The van der Waals surface area contributed by atoms with Crippen molar-refractivity contribution < 1.29 is 5.11 Å². The molecule has 0 spiro atoms. The molecule has 1 heterocycles. The number of hydrogen-bond donors (Lipinski definition) is 2. The molecule has 0 aliphatic rings. The second-order valence-corrected chi connectivity index (χ2v) is 4.41. The molecule has 1 atom stereocenters. The van der Waals surface area contributed by atoms with Crippen molar-refractivity contribution in [3.63, 3.8) is 0 Å². The number of anilines is 1. The first-order chi connectivity index (χ1) is 7.00. The first-order valence-electron chi connectivity index (χ1n) is 5.39. The third kappa shape index (κ3) is 3.51. The Morgan fingerprint density at radius 3 is 2.73 bits per heavy atom. The topological polar surface area (TPSA) is 59.1 Å². The molecule has 0 fully saturated rings. The number of aryl methyl sites for hydroxylation is 2. The van der Waals surface area contributed by atoms with Gasteiger partial charge in [-0.1, -0.05) is 19.9 Å². The second kappa shape index (κ2) is 5.12. The highest BCUT2D eigenvalue weighted by Gasteiger charge is 2.10. The lowest BCUT2D eigenvalue weighted by atomic mass is 9.99. The van der Waals surface area contributed by atoms with Gasteiger partial charge in [0.15, 0.2) is 0 Å². The number of pyridine rings is 1. The Morgan fingerprint density at radius 1 is 1.47 bits per heavy atom. The summed E-state index contributed by atoms with van der Waals surface area (Å²) in [6.07, 6.45) is 3.04. The Morgan fingerprint density at radius 2 is 2.13 bits per heavy atom. The molecule has 1 aromatic heterocycles. The summed E-state index contributed by atoms with van der Waals surface area (Å²) < 4.78 is 0. The van der Waals surface area contributed by atoms with Gasteiger partial charge in [0.2, 0.25) is 0 Å². The molecule has 3 heteroatoms. The van der Waals surface area contributed by atoms with Gasteiger partial charge >= 0.3 is 0 Å². The molecule has 0 bridgehead atoms. The Hall–Kier alpha value is -1.09. The maximum atomic E-state index is 9.69. The van der Waals surface area contributed by atoms with Crippen molar-refractivity contribution in [1.82, 2.24) is 4.98 Å². The molecule has 0 aliphatic heterocycles. The average Bonchev–Trinajstić information content (AvgIpc) is 2.18. The molecule has 0 aliphatic carbocycles. The molecule has 3 N–H and O–H groups in total. The van der Waals surface area contributed by atoms with Crippen LogP contribution in [0.4, 0.5) is 5.82 Å². The summed E-state index contributed by atoms with van der Waals surface area (Å²) >= 11 is 0. The van der Waals surface area contributed by atoms with Crippen LogP contribution in [-0.2, 0) is 6.42 Å². The number of aromatic nitrogens is 1. The minimum atomic E-state index is -0.259. The highest BCUT2D eigenvalue weighted by molar-refractivity contribution is 5.40. The summed E-state index contributed by atoms with van der Waals surface area (Å²) in [5.41, 5.74) is 7.91. The van der Waals surface area contributed by atoms with Gasteiger partial charge in [-0.15, -0.1) is 0 Å². The molecule has 3 nitrogen and oxygen atoms in total. The number of aliphatic hydroxyl groups is 1. The van der Waals surface area contributed by atoms with E-state index in [4.69, 9.17) is 5.73 Å². The Bertz CT molecular complexity index is 323. The molecule has 1 unspecified atom stereocenters. The van der Waals surface area contributed by atoms with Crippen LogP contribution in [-0.4, -0.2) is 16.2 Å². The van der Waals surface area contributed by atoms with Crippen LogP contribution in [0.2, 0.25) is 0 Å². The van der Waals surface area contributed by atoms with E-state index in [0.29, 0.717) is 11.7 Å². The summed E-state index contributed by atoms with van der Waals surface area (Å²) in [6.45, 7) is 6.03. The summed E-state index contributed by atoms with van der Waals surface area (Å²) in [5, 5.41) is 9.69. The van der Waals surface area contributed by atoms with Crippen LogP contribution in [0.3, 0.4) is 0 Å². The number of hydrogen-bond acceptors (Lipinski definition) is 3. The van der Waals surface area contributed by atoms with E-state index in [2.05, 4.69) is 4.98 Å². The molecule has 15 heavy (non-hydrogen) atoms. The van der Waals surface area contributed by atoms with Gasteiger partial charge in [0.05, 0.1) is 6.10 Å². The Kier molecular flexibility index (Phi) is 4.09. The summed E-state index contributed by atoms with van der Waals surface area (Å²) in [7, 11) is 0. The average molecular weight is 208 g/mol. The zero-order chi connectivity index (χ0) is 11.4. The van der Waals surface area contributed by atoms with E-state index in [9.17, 15) is 5.11 Å². The molecule has 1 aromatic rings. The molecular formula is C12H20N2O. The largest absolute Gasteiger partial charge is 0.393 e. The normalized spacial score (nSPS) is 13.1. The molecule has 1 rings (SSSR count). The summed E-state index contributed by atoms with van der Waals surface area (Å²) in [5.74, 6) is 0.876. The van der Waals surface area contributed by atoms with Crippen LogP contribution < -0.4 is 5.73 Å². The SMILES string of the molecule is Cc1cnc(N)c(CCC(O)C(C)C)c1. The van der Waals surface area contributed by atoms with Crippen LogP contribution in [0.15, 0.2) is 12.3 Å². The standard InChI is InChI=1S/C12H20N2O/c1-8(2)11(15)5-4-10-6-9(3)7-14-12(10)13/h6-8,11,15H,4-5H2,1-3H3,(H2,13,14). The van der Waals surface area contributed by atoms with Crippen molar-refractivity contribution in [1.29, 1.82) is 0 Å². The lowest BCUT2D eigenvalue weighted by Gasteiger charge is -2.14. The molecule has 0 saturated heterocycles. The van der Waals surface area contributed by atoms with E-state index in [1.54, 1.807) is 6.20 Å². The second-order valence-electron chi connectivity index (χ2n) is 4.41. The highest BCUT2D eigenvalue weighted by atomic mass is 16.3. The van der Waals surface area contributed by atoms with E-state index >= 15 is 0 Å². The van der Waals surface area contributed by atoms with Crippen LogP contribution in [0, 0.1) is 12.8 Å². The van der Waals surface area contributed by atoms with Gasteiger partial charge in [0, 0.05) is 6.20 Å². The maximum absolute atomic E-state index is 9.69. The van der Waals surface area contributed by atoms with Crippen molar-refractivity contribution in [2.24, 2.45) is 5.92 Å². The van der Waals surface area contributed by atoms with Gasteiger partial charge < -0.3 is 10.8 Å². The van der Waals surface area contributed by atoms with E-state index in [0.717, 1.165) is 24.0 Å². The molecule has 0 saturated carbocycles. The lowest BCUT2D eigenvalue weighted by molar-refractivity contribution is 0.116. The van der Waals surface area contributed by atoms with Crippen LogP contribution in [0.5, 0.6) is 0 Å². The maximum Gasteiger partial charge on any atom is 0.126 e. The van der Waals surface area contributed by atoms with E-state index in [1.165, 1.54) is 0 Å². The number of nitrogens with zero attached hydrogens (tertiary/aromatic N) is 1. The van der Waals surface area contributed by atoms with Gasteiger partial charge in [-0.25, -0.2) is 4.98 Å². The van der Waals surface area contributed by atoms with Crippen molar-refractivity contribution >= 4 is 5.82 Å². The third-order valence-electron chi connectivity index (χ3n) is 2.62. The van der Waals surface area contributed by atoms with Gasteiger partial charge in [-0.2, -0.15) is 0 Å². The molecular weight excluding hydrogens is 188 g/mol. The van der Waals surface area contributed by atoms with Crippen LogP contribution in [0.1, 0.15) is 31.4 Å². The molecule has 84 valence electrons. The predicted molar refractivity (Wildman–Crippen MR) is 62.6 cm³/mol. The van der Waals surface area contributed by atoms with Crippen molar-refractivity contribution in [2.75, 3.05) is 5.73 Å². The Balaban J connectivity index is 2.61. The first kappa shape index (κ1) is 12.0. The minimum absolute atomic E-state index is 0.259. The molecule has 0 radical (unpaired) electrons. The van der Waals surface area contributed by atoms with E-state index in [-0.39, 0.29) is 6.10 Å². The summed E-state index contributed by atoms with van der Waals surface area (Å²) in [6, 6.07) is 2.04. The predicted octanol–water partition coefficient (Wildman–Crippen LogP) is 1.92. The van der Waals surface area contributed by atoms with E-state index < -0.39 is 0 Å².